The molecule has 0 aromatic heterocycles. The van der Waals surface area contributed by atoms with Crippen LogP contribution in [-0.2, 0) is 6.42 Å². The van der Waals surface area contributed by atoms with E-state index in [1.165, 1.54) is 5.56 Å². The third kappa shape index (κ3) is 3.80. The molecule has 2 aromatic carbocycles. The molecule has 0 heterocycles. The summed E-state index contributed by atoms with van der Waals surface area (Å²) in [5.41, 5.74) is 4.24. The van der Waals surface area contributed by atoms with Crippen LogP contribution in [0.25, 0.3) is 0 Å². The summed E-state index contributed by atoms with van der Waals surface area (Å²) in [6, 6.07) is 14.2. The summed E-state index contributed by atoms with van der Waals surface area (Å²) in [6.45, 7) is 6.34. The van der Waals surface area contributed by atoms with Crippen LogP contribution in [0.4, 0.5) is 0 Å². The minimum Gasteiger partial charge on any atom is -0.294 e. The molecule has 0 spiro atoms. The Hall–Kier alpha value is -1.41. The molecule has 0 fully saturated rings. The van der Waals surface area contributed by atoms with E-state index >= 15 is 0 Å². The van der Waals surface area contributed by atoms with Crippen molar-refractivity contribution in [2.45, 2.75) is 33.1 Å². The molecule has 1 nitrogen and oxygen atoms in total. The fourth-order valence-corrected chi connectivity index (χ4v) is 2.81. The van der Waals surface area contributed by atoms with Crippen LogP contribution in [0.1, 0.15) is 46.8 Å². The quantitative estimate of drug-likeness (QED) is 0.694. The van der Waals surface area contributed by atoms with E-state index < -0.39 is 0 Å². The van der Waals surface area contributed by atoms with Crippen LogP contribution in [0.5, 0.6) is 0 Å². The maximum Gasteiger partial charge on any atom is 0.167 e. The largest absolute Gasteiger partial charge is 0.294 e. The lowest BCUT2D eigenvalue weighted by Gasteiger charge is -2.07. The van der Waals surface area contributed by atoms with Gasteiger partial charge in [-0.2, -0.15) is 0 Å². The Morgan fingerprint density at radius 1 is 1.10 bits per heavy atom. The molecule has 2 aromatic rings. The van der Waals surface area contributed by atoms with E-state index in [0.29, 0.717) is 12.3 Å². The number of ketones is 1. The van der Waals surface area contributed by atoms with Crippen molar-refractivity contribution >= 4 is 21.7 Å². The predicted octanol–water partition coefficient (Wildman–Crippen LogP) is 5.31. The average Bonchev–Trinajstić information content (AvgIpc) is 2.38. The highest BCUT2D eigenvalue weighted by Gasteiger charge is 2.09. The van der Waals surface area contributed by atoms with Crippen LogP contribution in [-0.4, -0.2) is 5.78 Å². The van der Waals surface area contributed by atoms with E-state index in [-0.39, 0.29) is 5.78 Å². The van der Waals surface area contributed by atoms with Crippen molar-refractivity contribution in [3.8, 4) is 0 Å². The molecule has 104 valence electrons. The van der Waals surface area contributed by atoms with Crippen molar-refractivity contribution in [1.29, 1.82) is 0 Å². The van der Waals surface area contributed by atoms with Gasteiger partial charge in [-0.25, -0.2) is 0 Å². The van der Waals surface area contributed by atoms with Gasteiger partial charge in [0.25, 0.3) is 0 Å². The second-order valence-electron chi connectivity index (χ2n) is 5.51. The SMILES string of the molecule is Cc1cc(Br)cc(C(=O)Cc2ccc(C(C)C)cc2)c1. The molecule has 0 amide bonds. The molecule has 0 aliphatic heterocycles. The number of halogens is 1. The molecule has 0 saturated heterocycles. The molecule has 0 aliphatic carbocycles. The summed E-state index contributed by atoms with van der Waals surface area (Å²) >= 11 is 3.44. The van der Waals surface area contributed by atoms with Crippen LogP contribution >= 0.6 is 15.9 Å². The van der Waals surface area contributed by atoms with Gasteiger partial charge in [0.2, 0.25) is 0 Å². The van der Waals surface area contributed by atoms with Crippen molar-refractivity contribution in [3.05, 3.63) is 69.2 Å². The van der Waals surface area contributed by atoms with Gasteiger partial charge in [0, 0.05) is 16.5 Å². The molecule has 2 rings (SSSR count). The minimum absolute atomic E-state index is 0.159. The molecule has 0 bridgehead atoms. The summed E-state index contributed by atoms with van der Waals surface area (Å²) in [5, 5.41) is 0. The molecular formula is C18H19BrO. The zero-order valence-corrected chi connectivity index (χ0v) is 13.7. The van der Waals surface area contributed by atoms with Gasteiger partial charge in [-0.05, 0) is 47.7 Å². The molecule has 0 aliphatic rings. The Labute approximate surface area is 129 Å². The highest BCUT2D eigenvalue weighted by atomic mass is 79.9. The lowest BCUT2D eigenvalue weighted by atomic mass is 9.98. The first-order chi connectivity index (χ1) is 9.45. The van der Waals surface area contributed by atoms with Gasteiger partial charge >= 0.3 is 0 Å². The van der Waals surface area contributed by atoms with Crippen molar-refractivity contribution in [2.24, 2.45) is 0 Å². The van der Waals surface area contributed by atoms with Crippen molar-refractivity contribution in [3.63, 3.8) is 0 Å². The van der Waals surface area contributed by atoms with Gasteiger partial charge in [-0.1, -0.05) is 54.0 Å². The van der Waals surface area contributed by atoms with Crippen LogP contribution in [0.15, 0.2) is 46.9 Å². The van der Waals surface area contributed by atoms with Gasteiger partial charge < -0.3 is 0 Å². The number of rotatable bonds is 4. The van der Waals surface area contributed by atoms with Crippen molar-refractivity contribution < 1.29 is 4.79 Å². The van der Waals surface area contributed by atoms with E-state index in [1.54, 1.807) is 0 Å². The maximum atomic E-state index is 12.3. The predicted molar refractivity (Wildman–Crippen MR) is 87.4 cm³/mol. The number of carbonyl (C=O) groups is 1. The number of hydrogen-bond acceptors (Lipinski definition) is 1. The number of aryl methyl sites for hydroxylation is 1. The smallest absolute Gasteiger partial charge is 0.167 e. The zero-order valence-electron chi connectivity index (χ0n) is 12.1. The molecule has 2 heteroatoms. The number of Topliss-reactive ketones (excluding diaryl/α,β-unsaturated/α-hetero) is 1. The second kappa shape index (κ2) is 6.36. The highest BCUT2D eigenvalue weighted by molar-refractivity contribution is 9.10. The Kier molecular flexibility index (Phi) is 4.77. The monoisotopic (exact) mass is 330 g/mol. The third-order valence-electron chi connectivity index (χ3n) is 3.38. The molecule has 0 radical (unpaired) electrons. The summed E-state index contributed by atoms with van der Waals surface area (Å²) in [6.07, 6.45) is 0.453. The Morgan fingerprint density at radius 2 is 1.75 bits per heavy atom. The van der Waals surface area contributed by atoms with E-state index in [1.807, 2.05) is 25.1 Å². The van der Waals surface area contributed by atoms with Gasteiger partial charge in [0.05, 0.1) is 0 Å². The molecule has 0 saturated carbocycles. The maximum absolute atomic E-state index is 12.3. The van der Waals surface area contributed by atoms with E-state index in [0.717, 1.165) is 21.2 Å². The standard InChI is InChI=1S/C18H19BrO/c1-12(2)15-6-4-14(5-7-15)10-18(20)16-8-13(3)9-17(19)11-16/h4-9,11-12H,10H2,1-3H3. The first kappa shape index (κ1) is 15.0. The van der Waals surface area contributed by atoms with Crippen molar-refractivity contribution in [1.82, 2.24) is 0 Å². The molecule has 0 unspecified atom stereocenters. The summed E-state index contributed by atoms with van der Waals surface area (Å²) in [4.78, 5) is 12.3. The van der Waals surface area contributed by atoms with Gasteiger partial charge in [0.1, 0.15) is 0 Å². The first-order valence-corrected chi connectivity index (χ1v) is 7.64. The molecule has 0 atom stereocenters. The zero-order chi connectivity index (χ0) is 14.7. The summed E-state index contributed by atoms with van der Waals surface area (Å²) in [5.74, 6) is 0.680. The fourth-order valence-electron chi connectivity index (χ4n) is 2.21. The van der Waals surface area contributed by atoms with E-state index in [2.05, 4.69) is 54.0 Å². The summed E-state index contributed by atoms with van der Waals surface area (Å²) < 4.78 is 0.955. The highest BCUT2D eigenvalue weighted by Crippen LogP contribution is 2.19. The number of hydrogen-bond donors (Lipinski definition) is 0. The topological polar surface area (TPSA) is 17.1 Å². The lowest BCUT2D eigenvalue weighted by molar-refractivity contribution is 0.0993. The van der Waals surface area contributed by atoms with Gasteiger partial charge in [0.15, 0.2) is 5.78 Å². The average molecular weight is 331 g/mol. The van der Waals surface area contributed by atoms with Gasteiger partial charge in [-0.3, -0.25) is 4.79 Å². The molecule has 0 N–H and O–H groups in total. The minimum atomic E-state index is 0.159. The van der Waals surface area contributed by atoms with Gasteiger partial charge in [-0.15, -0.1) is 0 Å². The second-order valence-corrected chi connectivity index (χ2v) is 6.43. The van der Waals surface area contributed by atoms with Crippen molar-refractivity contribution in [2.75, 3.05) is 0 Å². The summed E-state index contributed by atoms with van der Waals surface area (Å²) in [7, 11) is 0. The molecular weight excluding hydrogens is 312 g/mol. The van der Waals surface area contributed by atoms with E-state index in [9.17, 15) is 4.79 Å². The van der Waals surface area contributed by atoms with E-state index in [4.69, 9.17) is 0 Å². The first-order valence-electron chi connectivity index (χ1n) is 6.85. The lowest BCUT2D eigenvalue weighted by Crippen LogP contribution is -2.04. The third-order valence-corrected chi connectivity index (χ3v) is 3.83. The molecule has 20 heavy (non-hydrogen) atoms. The van der Waals surface area contributed by atoms with Crippen LogP contribution < -0.4 is 0 Å². The Balaban J connectivity index is 2.14. The number of benzene rings is 2. The van der Waals surface area contributed by atoms with Crippen LogP contribution in [0, 0.1) is 6.92 Å². The Morgan fingerprint density at radius 3 is 2.30 bits per heavy atom. The Bertz CT molecular complexity index is 592. The van der Waals surface area contributed by atoms with Crippen LogP contribution in [0.3, 0.4) is 0 Å². The normalized spacial score (nSPS) is 10.8. The fraction of sp³-hybridized carbons (Fsp3) is 0.278. The van der Waals surface area contributed by atoms with Crippen LogP contribution in [0.2, 0.25) is 0 Å². The number of carbonyl (C=O) groups excluding carboxylic acids is 1.